The monoisotopic (exact) mass is 333 g/mol. The second kappa shape index (κ2) is 6.87. The third-order valence-electron chi connectivity index (χ3n) is 6.28. The lowest BCUT2D eigenvalue weighted by Crippen LogP contribution is -2.63. The maximum Gasteiger partial charge on any atom is 0.220 e. The molecule has 0 saturated heterocycles. The molecule has 1 N–H and O–H groups in total. The van der Waals surface area contributed by atoms with E-state index in [1.807, 2.05) is 18.7 Å². The van der Waals surface area contributed by atoms with E-state index in [2.05, 4.69) is 24.3 Å². The zero-order valence-corrected chi connectivity index (χ0v) is 15.5. The number of hydrogen-bond acceptors (Lipinski definition) is 3. The zero-order valence-electron chi connectivity index (χ0n) is 15.5. The van der Waals surface area contributed by atoms with Crippen LogP contribution in [-0.4, -0.2) is 34.4 Å². The molecule has 0 bridgehead atoms. The molecule has 2 fully saturated rings. The number of hydrogen-bond donors (Lipinski definition) is 1. The number of nitrogens with zero attached hydrogens (tertiary/aromatic N) is 2. The topological polar surface area (TPSA) is 56.1 Å². The first-order valence-electron chi connectivity index (χ1n) is 9.38. The van der Waals surface area contributed by atoms with Gasteiger partial charge in [-0.1, -0.05) is 12.8 Å². The zero-order chi connectivity index (χ0) is 17.3. The minimum Gasteiger partial charge on any atom is -0.378 e. The second-order valence-corrected chi connectivity index (χ2v) is 7.51. The van der Waals surface area contributed by atoms with Gasteiger partial charge in [0.1, 0.15) is 0 Å². The Balaban J connectivity index is 1.55. The molecule has 24 heavy (non-hydrogen) atoms. The summed E-state index contributed by atoms with van der Waals surface area (Å²) >= 11 is 0. The van der Waals surface area contributed by atoms with Gasteiger partial charge in [0.05, 0.1) is 11.8 Å². The average molecular weight is 333 g/mol. The molecule has 5 nitrogen and oxygen atoms in total. The number of aromatic nitrogens is 2. The molecule has 1 spiro atoms. The number of amides is 1. The number of aryl methyl sites for hydroxylation is 2. The van der Waals surface area contributed by atoms with Crippen LogP contribution in [0, 0.1) is 19.3 Å². The number of ether oxygens (including phenoxy) is 1. The molecular formula is C19H31N3O2. The molecule has 0 aromatic carbocycles. The van der Waals surface area contributed by atoms with Gasteiger partial charge in [-0.3, -0.25) is 9.48 Å². The van der Waals surface area contributed by atoms with Gasteiger partial charge in [0.2, 0.25) is 5.91 Å². The number of carbonyl (C=O) groups excluding carboxylic acids is 1. The molecule has 2 unspecified atom stereocenters. The fraction of sp³-hybridized carbons (Fsp3) is 0.789. The molecule has 1 amide bonds. The normalized spacial score (nSPS) is 25.0. The predicted molar refractivity (Wildman–Crippen MR) is 93.9 cm³/mol. The molecule has 5 heteroatoms. The van der Waals surface area contributed by atoms with E-state index in [0.717, 1.165) is 30.8 Å². The van der Waals surface area contributed by atoms with Crippen LogP contribution in [0.2, 0.25) is 0 Å². The smallest absolute Gasteiger partial charge is 0.220 e. The predicted octanol–water partition coefficient (Wildman–Crippen LogP) is 2.82. The first kappa shape index (κ1) is 17.5. The van der Waals surface area contributed by atoms with Crippen molar-refractivity contribution >= 4 is 5.91 Å². The molecule has 134 valence electrons. The SMILES string of the molecule is CCOC1CC(NC(=O)CCc2c(C)nn(C)c2C)C12CCCC2. The molecule has 2 saturated carbocycles. The van der Waals surface area contributed by atoms with Gasteiger partial charge in [-0.25, -0.2) is 0 Å². The third-order valence-corrected chi connectivity index (χ3v) is 6.28. The molecule has 2 aliphatic carbocycles. The molecule has 2 atom stereocenters. The molecule has 0 aliphatic heterocycles. The van der Waals surface area contributed by atoms with Gasteiger partial charge in [-0.15, -0.1) is 0 Å². The van der Waals surface area contributed by atoms with Crippen molar-refractivity contribution in [1.82, 2.24) is 15.1 Å². The van der Waals surface area contributed by atoms with Gasteiger partial charge in [0.25, 0.3) is 0 Å². The summed E-state index contributed by atoms with van der Waals surface area (Å²) in [6.45, 7) is 6.92. The first-order valence-corrected chi connectivity index (χ1v) is 9.38. The lowest BCUT2D eigenvalue weighted by molar-refractivity contribution is -0.144. The van der Waals surface area contributed by atoms with E-state index in [9.17, 15) is 4.79 Å². The molecule has 2 aliphatic rings. The fourth-order valence-corrected chi connectivity index (χ4v) is 4.77. The molecule has 1 aromatic heterocycles. The second-order valence-electron chi connectivity index (χ2n) is 7.51. The van der Waals surface area contributed by atoms with Gasteiger partial charge in [-0.2, -0.15) is 5.10 Å². The van der Waals surface area contributed by atoms with Crippen LogP contribution in [-0.2, 0) is 23.0 Å². The molecule has 1 heterocycles. The lowest BCUT2D eigenvalue weighted by atomic mass is 9.60. The summed E-state index contributed by atoms with van der Waals surface area (Å²) in [5.74, 6) is 0.170. The van der Waals surface area contributed by atoms with Crippen molar-refractivity contribution < 1.29 is 9.53 Å². The van der Waals surface area contributed by atoms with Crippen LogP contribution in [0.15, 0.2) is 0 Å². The van der Waals surface area contributed by atoms with E-state index < -0.39 is 0 Å². The molecular weight excluding hydrogens is 302 g/mol. The quantitative estimate of drug-likeness (QED) is 0.871. The summed E-state index contributed by atoms with van der Waals surface area (Å²) < 4.78 is 7.83. The Labute approximate surface area is 145 Å². The Morgan fingerprint density at radius 2 is 2.08 bits per heavy atom. The van der Waals surface area contributed by atoms with Crippen LogP contribution >= 0.6 is 0 Å². The Morgan fingerprint density at radius 3 is 2.67 bits per heavy atom. The van der Waals surface area contributed by atoms with E-state index in [4.69, 9.17) is 4.74 Å². The van der Waals surface area contributed by atoms with Crippen molar-refractivity contribution in [3.8, 4) is 0 Å². The number of carbonyl (C=O) groups is 1. The van der Waals surface area contributed by atoms with Crippen molar-refractivity contribution in [2.75, 3.05) is 6.61 Å². The summed E-state index contributed by atoms with van der Waals surface area (Å²) in [5.41, 5.74) is 3.62. The maximum absolute atomic E-state index is 12.5. The van der Waals surface area contributed by atoms with Crippen LogP contribution in [0.1, 0.15) is 62.4 Å². The Morgan fingerprint density at radius 1 is 1.38 bits per heavy atom. The van der Waals surface area contributed by atoms with E-state index in [-0.39, 0.29) is 11.3 Å². The van der Waals surface area contributed by atoms with Crippen LogP contribution in [0.4, 0.5) is 0 Å². The summed E-state index contributed by atoms with van der Waals surface area (Å²) in [6, 6.07) is 0.306. The van der Waals surface area contributed by atoms with Crippen LogP contribution < -0.4 is 5.32 Å². The van der Waals surface area contributed by atoms with Gasteiger partial charge >= 0.3 is 0 Å². The standard InChI is InChI=1S/C19H31N3O2/c1-5-24-17-12-16(19(17)10-6-7-11-19)20-18(23)9-8-15-13(2)21-22(4)14(15)3/h16-17H,5-12H2,1-4H3,(H,20,23). The largest absolute Gasteiger partial charge is 0.378 e. The molecule has 3 rings (SSSR count). The highest BCUT2D eigenvalue weighted by Crippen LogP contribution is 2.54. The third kappa shape index (κ3) is 2.99. The van der Waals surface area contributed by atoms with E-state index in [1.54, 1.807) is 0 Å². The van der Waals surface area contributed by atoms with Crippen molar-refractivity contribution in [1.29, 1.82) is 0 Å². The van der Waals surface area contributed by atoms with Crippen molar-refractivity contribution in [3.63, 3.8) is 0 Å². The lowest BCUT2D eigenvalue weighted by Gasteiger charge is -2.54. The van der Waals surface area contributed by atoms with Gasteiger partial charge < -0.3 is 10.1 Å². The minimum atomic E-state index is 0.170. The van der Waals surface area contributed by atoms with E-state index in [0.29, 0.717) is 18.6 Å². The highest BCUT2D eigenvalue weighted by molar-refractivity contribution is 5.77. The first-order chi connectivity index (χ1) is 11.5. The minimum absolute atomic E-state index is 0.170. The van der Waals surface area contributed by atoms with E-state index >= 15 is 0 Å². The van der Waals surface area contributed by atoms with Crippen molar-refractivity contribution in [2.24, 2.45) is 12.5 Å². The number of rotatable bonds is 6. The van der Waals surface area contributed by atoms with Crippen molar-refractivity contribution in [2.45, 2.75) is 77.9 Å². The highest BCUT2D eigenvalue weighted by atomic mass is 16.5. The van der Waals surface area contributed by atoms with Gasteiger partial charge in [0, 0.05) is 37.2 Å². The van der Waals surface area contributed by atoms with Crippen LogP contribution in [0.3, 0.4) is 0 Å². The summed E-state index contributed by atoms with van der Waals surface area (Å²) in [6.07, 6.45) is 7.56. The van der Waals surface area contributed by atoms with Crippen LogP contribution in [0.25, 0.3) is 0 Å². The highest BCUT2D eigenvalue weighted by Gasteiger charge is 2.57. The Kier molecular flexibility index (Phi) is 5.00. The summed E-state index contributed by atoms with van der Waals surface area (Å²) in [7, 11) is 1.96. The molecule has 0 radical (unpaired) electrons. The molecule has 1 aromatic rings. The fourth-order valence-electron chi connectivity index (χ4n) is 4.77. The summed E-state index contributed by atoms with van der Waals surface area (Å²) in [4.78, 5) is 12.5. The van der Waals surface area contributed by atoms with Crippen molar-refractivity contribution in [3.05, 3.63) is 17.0 Å². The Bertz CT molecular complexity index is 602. The van der Waals surface area contributed by atoms with Gasteiger partial charge in [0.15, 0.2) is 0 Å². The van der Waals surface area contributed by atoms with E-state index in [1.165, 1.54) is 31.2 Å². The Hall–Kier alpha value is -1.36. The van der Waals surface area contributed by atoms with Crippen LogP contribution in [0.5, 0.6) is 0 Å². The number of nitrogens with one attached hydrogen (secondary N) is 1. The summed E-state index contributed by atoms with van der Waals surface area (Å²) in [5, 5.41) is 7.74. The maximum atomic E-state index is 12.5. The van der Waals surface area contributed by atoms with Gasteiger partial charge in [-0.05, 0) is 52.0 Å². The average Bonchev–Trinajstić information content (AvgIpc) is 3.14.